The summed E-state index contributed by atoms with van der Waals surface area (Å²) in [5, 5.41) is 0.300. The molecule has 6 heteroatoms. The van der Waals surface area contributed by atoms with E-state index in [0.29, 0.717) is 28.2 Å². The second-order valence-corrected chi connectivity index (χ2v) is 5.23. The van der Waals surface area contributed by atoms with E-state index in [-0.39, 0.29) is 0 Å². The van der Waals surface area contributed by atoms with Crippen LogP contribution in [0, 0.1) is 13.8 Å². The van der Waals surface area contributed by atoms with Gasteiger partial charge in [-0.05, 0) is 37.6 Å². The predicted molar refractivity (Wildman–Crippen MR) is 87.7 cm³/mol. The third-order valence-corrected chi connectivity index (χ3v) is 3.71. The van der Waals surface area contributed by atoms with Gasteiger partial charge in [0.05, 0.1) is 12.6 Å². The molecule has 3 rings (SSSR count). The number of rotatable bonds is 3. The Morgan fingerprint density at radius 3 is 2.48 bits per heavy atom. The average molecular weight is 312 g/mol. The lowest BCUT2D eigenvalue weighted by molar-refractivity contribution is 0.404. The third kappa shape index (κ3) is 2.59. The fourth-order valence-corrected chi connectivity index (χ4v) is 2.57. The zero-order valence-corrected chi connectivity index (χ0v) is 13.0. The van der Waals surface area contributed by atoms with Gasteiger partial charge in [-0.2, -0.15) is 0 Å². The summed E-state index contributed by atoms with van der Waals surface area (Å²) in [6.07, 6.45) is 0. The first-order valence-corrected chi connectivity index (χ1v) is 7.08. The summed E-state index contributed by atoms with van der Waals surface area (Å²) >= 11 is 0. The molecule has 0 amide bonds. The van der Waals surface area contributed by atoms with Crippen LogP contribution < -0.4 is 20.7 Å². The van der Waals surface area contributed by atoms with Crippen molar-refractivity contribution in [2.45, 2.75) is 13.8 Å². The molecular formula is C17H16N2O4. The van der Waals surface area contributed by atoms with E-state index in [1.54, 1.807) is 25.3 Å². The molecule has 0 aliphatic rings. The Labute approximate surface area is 131 Å². The summed E-state index contributed by atoms with van der Waals surface area (Å²) in [5.74, 6) is 1.70. The topological polar surface area (TPSA) is 84.2 Å². The first-order valence-electron chi connectivity index (χ1n) is 7.08. The zero-order chi connectivity index (χ0) is 16.6. The van der Waals surface area contributed by atoms with E-state index in [2.05, 4.69) is 9.97 Å². The number of aryl methyl sites for hydroxylation is 1. The van der Waals surface area contributed by atoms with E-state index in [9.17, 15) is 9.59 Å². The number of aromatic amines is 2. The van der Waals surface area contributed by atoms with Gasteiger partial charge in [-0.15, -0.1) is 0 Å². The number of hydrogen-bond acceptors (Lipinski definition) is 4. The molecule has 0 spiro atoms. The summed E-state index contributed by atoms with van der Waals surface area (Å²) in [7, 11) is 1.59. The van der Waals surface area contributed by atoms with Gasteiger partial charge in [0, 0.05) is 5.56 Å². The molecule has 1 heterocycles. The number of hydrogen-bond donors (Lipinski definition) is 2. The minimum atomic E-state index is -0.548. The van der Waals surface area contributed by atoms with Gasteiger partial charge in [0.25, 0.3) is 5.56 Å². The molecule has 0 atom stereocenters. The Bertz CT molecular complexity index is 1000. The molecule has 0 bridgehead atoms. The van der Waals surface area contributed by atoms with Crippen LogP contribution in [0.15, 0.2) is 39.9 Å². The highest BCUT2D eigenvalue weighted by atomic mass is 16.5. The molecule has 0 radical (unpaired) electrons. The monoisotopic (exact) mass is 312 g/mol. The lowest BCUT2D eigenvalue weighted by Gasteiger charge is -2.15. The van der Waals surface area contributed by atoms with Crippen molar-refractivity contribution in [1.82, 2.24) is 9.97 Å². The van der Waals surface area contributed by atoms with Crippen LogP contribution in [0.1, 0.15) is 11.1 Å². The molecule has 0 aliphatic heterocycles. The van der Waals surface area contributed by atoms with Crippen LogP contribution in [0.4, 0.5) is 0 Å². The summed E-state index contributed by atoms with van der Waals surface area (Å²) in [6.45, 7) is 3.80. The van der Waals surface area contributed by atoms with Crippen LogP contribution in [0.2, 0.25) is 0 Å². The number of ether oxygens (including phenoxy) is 2. The summed E-state index contributed by atoms with van der Waals surface area (Å²) < 4.78 is 11.3. The summed E-state index contributed by atoms with van der Waals surface area (Å²) in [6, 6.07) is 8.82. The van der Waals surface area contributed by atoms with Crippen LogP contribution in [-0.4, -0.2) is 17.1 Å². The highest BCUT2D eigenvalue weighted by Crippen LogP contribution is 2.35. The Hall–Kier alpha value is -3.02. The van der Waals surface area contributed by atoms with Gasteiger partial charge in [0.1, 0.15) is 22.6 Å². The third-order valence-electron chi connectivity index (χ3n) is 3.71. The van der Waals surface area contributed by atoms with E-state index in [0.717, 1.165) is 11.1 Å². The van der Waals surface area contributed by atoms with Crippen LogP contribution in [0.5, 0.6) is 17.2 Å². The molecule has 3 aromatic rings. The van der Waals surface area contributed by atoms with Gasteiger partial charge in [-0.1, -0.05) is 12.1 Å². The number of fused-ring (bicyclic) bond motifs is 1. The maximum atomic E-state index is 12.1. The molecule has 23 heavy (non-hydrogen) atoms. The van der Waals surface area contributed by atoms with E-state index in [1.807, 2.05) is 26.0 Å². The molecule has 0 fully saturated rings. The molecule has 6 nitrogen and oxygen atoms in total. The number of methoxy groups -OCH3 is 1. The van der Waals surface area contributed by atoms with E-state index < -0.39 is 11.2 Å². The van der Waals surface area contributed by atoms with E-state index in [4.69, 9.17) is 9.47 Å². The smallest absolute Gasteiger partial charge is 0.326 e. The van der Waals surface area contributed by atoms with Crippen molar-refractivity contribution < 1.29 is 9.47 Å². The Kier molecular flexibility index (Phi) is 3.65. The van der Waals surface area contributed by atoms with Crippen molar-refractivity contribution in [3.63, 3.8) is 0 Å². The fourth-order valence-electron chi connectivity index (χ4n) is 2.57. The van der Waals surface area contributed by atoms with Crippen LogP contribution >= 0.6 is 0 Å². The van der Waals surface area contributed by atoms with Crippen LogP contribution in [-0.2, 0) is 0 Å². The van der Waals surface area contributed by atoms with Gasteiger partial charge in [-0.25, -0.2) is 4.79 Å². The minimum absolute atomic E-state index is 0.300. The van der Waals surface area contributed by atoms with Crippen molar-refractivity contribution >= 4 is 10.9 Å². The molecule has 0 saturated heterocycles. The molecule has 2 aromatic carbocycles. The van der Waals surface area contributed by atoms with Gasteiger partial charge < -0.3 is 14.5 Å². The van der Waals surface area contributed by atoms with Crippen molar-refractivity contribution in [2.24, 2.45) is 0 Å². The van der Waals surface area contributed by atoms with E-state index in [1.165, 1.54) is 0 Å². The number of H-pyrrole nitrogens is 2. The summed E-state index contributed by atoms with van der Waals surface area (Å²) in [5.41, 5.74) is 1.15. The molecule has 0 saturated carbocycles. The second kappa shape index (κ2) is 5.64. The normalized spacial score (nSPS) is 10.7. The molecule has 0 unspecified atom stereocenters. The maximum Gasteiger partial charge on any atom is 0.326 e. The second-order valence-electron chi connectivity index (χ2n) is 5.23. The lowest BCUT2D eigenvalue weighted by atomic mass is 10.1. The highest BCUT2D eigenvalue weighted by molar-refractivity contribution is 5.84. The predicted octanol–water partition coefficient (Wildman–Crippen LogP) is 2.63. The van der Waals surface area contributed by atoms with Gasteiger partial charge >= 0.3 is 5.69 Å². The molecule has 118 valence electrons. The minimum Gasteiger partial charge on any atom is -0.496 e. The molecule has 1 aromatic heterocycles. The van der Waals surface area contributed by atoms with Crippen molar-refractivity contribution in [3.05, 3.63) is 62.3 Å². The van der Waals surface area contributed by atoms with Crippen molar-refractivity contribution in [2.75, 3.05) is 7.11 Å². The van der Waals surface area contributed by atoms with Gasteiger partial charge in [-0.3, -0.25) is 9.78 Å². The van der Waals surface area contributed by atoms with Crippen molar-refractivity contribution in [3.8, 4) is 17.2 Å². The molecule has 0 aliphatic carbocycles. The number of nitrogens with one attached hydrogen (secondary N) is 2. The molecule has 2 N–H and O–H groups in total. The van der Waals surface area contributed by atoms with Gasteiger partial charge in [0.2, 0.25) is 0 Å². The SMILES string of the molecule is COc1ccc(C)c(Oc2cccc3[nH]c(=O)[nH]c(=O)c23)c1C. The first-order chi connectivity index (χ1) is 11.0. The number of aromatic nitrogens is 2. The standard InChI is InChI=1S/C17H16N2O4/c1-9-7-8-12(22-3)10(2)15(9)23-13-6-4-5-11-14(13)16(20)19-17(21)18-11/h4-8H,1-3H3,(H2,18,19,20,21). The van der Waals surface area contributed by atoms with Crippen molar-refractivity contribution in [1.29, 1.82) is 0 Å². The van der Waals surface area contributed by atoms with Crippen LogP contribution in [0.25, 0.3) is 10.9 Å². The fraction of sp³-hybridized carbons (Fsp3) is 0.176. The average Bonchev–Trinajstić information content (AvgIpc) is 2.51. The Balaban J connectivity index is 2.21. The van der Waals surface area contributed by atoms with E-state index >= 15 is 0 Å². The maximum absolute atomic E-state index is 12.1. The first kappa shape index (κ1) is 14.9. The number of benzene rings is 2. The quantitative estimate of drug-likeness (QED) is 0.778. The Morgan fingerprint density at radius 1 is 0.957 bits per heavy atom. The Morgan fingerprint density at radius 2 is 1.74 bits per heavy atom. The van der Waals surface area contributed by atoms with Gasteiger partial charge in [0.15, 0.2) is 0 Å². The molecular weight excluding hydrogens is 296 g/mol. The van der Waals surface area contributed by atoms with Crippen LogP contribution in [0.3, 0.4) is 0 Å². The zero-order valence-electron chi connectivity index (χ0n) is 13.0. The largest absolute Gasteiger partial charge is 0.496 e. The lowest BCUT2D eigenvalue weighted by Crippen LogP contribution is -2.22. The highest BCUT2D eigenvalue weighted by Gasteiger charge is 2.14. The summed E-state index contributed by atoms with van der Waals surface area (Å²) in [4.78, 5) is 28.3.